The van der Waals surface area contributed by atoms with Crippen molar-refractivity contribution < 1.29 is 9.47 Å². The molecular weight excluding hydrogens is 396 g/mol. The van der Waals surface area contributed by atoms with Gasteiger partial charge < -0.3 is 19.7 Å². The third kappa shape index (κ3) is 4.88. The van der Waals surface area contributed by atoms with Crippen LogP contribution in [0.4, 0.5) is 0 Å². The van der Waals surface area contributed by atoms with E-state index < -0.39 is 5.79 Å². The lowest BCUT2D eigenvalue weighted by Gasteiger charge is -2.42. The van der Waals surface area contributed by atoms with E-state index in [0.29, 0.717) is 11.7 Å². The Balaban J connectivity index is 2.36. The highest BCUT2D eigenvalue weighted by atomic mass is 35.5. The number of thioether (sulfide) groups is 1. The lowest BCUT2D eigenvalue weighted by atomic mass is 10.0. The maximum atomic E-state index is 6.80. The minimum atomic E-state index is -0.612. The number of halogens is 1. The van der Waals surface area contributed by atoms with E-state index in [4.69, 9.17) is 21.1 Å². The maximum Gasteiger partial charge on any atom is 0.186 e. The lowest BCUT2D eigenvalue weighted by molar-refractivity contribution is 0.111. The summed E-state index contributed by atoms with van der Waals surface area (Å²) in [7, 11) is 9.14. The molecule has 1 heterocycles. The Hall–Kier alpha value is -1.57. The quantitative estimate of drug-likeness (QED) is 0.306. The van der Waals surface area contributed by atoms with Gasteiger partial charge in [0, 0.05) is 30.1 Å². The summed E-state index contributed by atoms with van der Waals surface area (Å²) in [6, 6.07) is 4.06. The molecule has 156 valence electrons. The Kier molecular flexibility index (Phi) is 7.53. The molecule has 2 atom stereocenters. The van der Waals surface area contributed by atoms with Gasteiger partial charge in [0.25, 0.3) is 0 Å². The zero-order valence-corrected chi connectivity index (χ0v) is 19.5. The van der Waals surface area contributed by atoms with Gasteiger partial charge in [0.05, 0.1) is 20.6 Å². The molecule has 1 aliphatic rings. The molecule has 8 heteroatoms. The van der Waals surface area contributed by atoms with Crippen molar-refractivity contribution in [3.8, 4) is 11.5 Å². The summed E-state index contributed by atoms with van der Waals surface area (Å²) in [6.45, 7) is 6.32. The molecule has 0 amide bonds. The third-order valence-electron chi connectivity index (χ3n) is 4.66. The number of nitrogens with zero attached hydrogens (tertiary/aromatic N) is 3. The minimum absolute atomic E-state index is 0.316. The number of hydrogen-bond acceptors (Lipinski definition) is 6. The van der Waals surface area contributed by atoms with Gasteiger partial charge in [-0.25, -0.2) is 9.89 Å². The number of rotatable bonds is 7. The molecule has 0 radical (unpaired) electrons. The topological polar surface area (TPSA) is 49.3 Å². The van der Waals surface area contributed by atoms with Gasteiger partial charge in [0.1, 0.15) is 5.50 Å². The van der Waals surface area contributed by atoms with Crippen LogP contribution in [0.5, 0.6) is 11.5 Å². The van der Waals surface area contributed by atoms with Crippen molar-refractivity contribution in [3.05, 3.63) is 28.8 Å². The van der Waals surface area contributed by atoms with Crippen LogP contribution in [0, 0.1) is 0 Å². The molecule has 28 heavy (non-hydrogen) atoms. The van der Waals surface area contributed by atoms with Gasteiger partial charge in [0.15, 0.2) is 17.3 Å². The second-order valence-electron chi connectivity index (χ2n) is 7.37. The van der Waals surface area contributed by atoms with E-state index in [1.54, 1.807) is 32.3 Å². The van der Waals surface area contributed by atoms with Crippen LogP contribution in [-0.2, 0) is 0 Å². The molecule has 2 rings (SSSR count). The first-order chi connectivity index (χ1) is 13.1. The largest absolute Gasteiger partial charge is 0.493 e. The summed E-state index contributed by atoms with van der Waals surface area (Å²) in [6.07, 6.45) is 3.74. The van der Waals surface area contributed by atoms with Crippen LogP contribution >= 0.6 is 23.4 Å². The highest BCUT2D eigenvalue weighted by Crippen LogP contribution is 2.44. The Labute approximate surface area is 177 Å². The van der Waals surface area contributed by atoms with Gasteiger partial charge in [-0.3, -0.25) is 0 Å². The van der Waals surface area contributed by atoms with E-state index in [1.165, 1.54) is 5.56 Å². The highest BCUT2D eigenvalue weighted by molar-refractivity contribution is 8.03. The Morgan fingerprint density at radius 1 is 1.29 bits per heavy atom. The van der Waals surface area contributed by atoms with E-state index in [0.717, 1.165) is 15.6 Å². The molecule has 1 aliphatic heterocycles. The van der Waals surface area contributed by atoms with Crippen molar-refractivity contribution in [1.82, 2.24) is 15.1 Å². The summed E-state index contributed by atoms with van der Waals surface area (Å²) in [5.41, 5.74) is 0.873. The van der Waals surface area contributed by atoms with Crippen molar-refractivity contribution in [2.75, 3.05) is 35.4 Å². The van der Waals surface area contributed by atoms with E-state index in [-0.39, 0.29) is 5.50 Å². The summed E-state index contributed by atoms with van der Waals surface area (Å²) >= 11 is 8.43. The standard InChI is InChI=1S/C20H31ClN4O2S/c1-13(2)14-9-15(26-7)16(27-8)10-17(14)28-18-11-22-20(3,23-12-24(4)5)25(6)19(18)21/h9-13,19,22H,1-8H3/b23-12+. The van der Waals surface area contributed by atoms with Crippen LogP contribution in [0.3, 0.4) is 0 Å². The van der Waals surface area contributed by atoms with Gasteiger partial charge in [0.2, 0.25) is 0 Å². The number of likely N-dealkylation sites (N-methyl/N-ethyl adjacent to an activating group) is 1. The fraction of sp³-hybridized carbons (Fsp3) is 0.550. The normalized spacial score (nSPS) is 22.9. The summed E-state index contributed by atoms with van der Waals surface area (Å²) in [4.78, 5) is 10.6. The molecule has 1 aromatic carbocycles. The van der Waals surface area contributed by atoms with Gasteiger partial charge >= 0.3 is 0 Å². The maximum absolute atomic E-state index is 6.80. The lowest BCUT2D eigenvalue weighted by Crippen LogP contribution is -2.58. The van der Waals surface area contributed by atoms with Crippen molar-refractivity contribution in [2.45, 2.75) is 42.9 Å². The fourth-order valence-corrected chi connectivity index (χ4v) is 4.36. The van der Waals surface area contributed by atoms with Gasteiger partial charge in [-0.15, -0.1) is 0 Å². The van der Waals surface area contributed by atoms with Crippen molar-refractivity contribution in [2.24, 2.45) is 4.99 Å². The Bertz CT molecular complexity index is 754. The first-order valence-electron chi connectivity index (χ1n) is 9.13. The van der Waals surface area contributed by atoms with Crippen LogP contribution < -0.4 is 14.8 Å². The molecular formula is C20H31ClN4O2S. The number of nitrogens with one attached hydrogen (secondary N) is 1. The van der Waals surface area contributed by atoms with Gasteiger partial charge in [-0.05, 0) is 37.6 Å². The SMILES string of the molecule is COc1cc(SC2=CNC(C)(/N=C/N(C)C)N(C)C2Cl)c(C(C)C)cc1OC. The second-order valence-corrected chi connectivity index (χ2v) is 8.90. The predicted octanol–water partition coefficient (Wildman–Crippen LogP) is 4.12. The number of benzene rings is 1. The van der Waals surface area contributed by atoms with Crippen LogP contribution in [0.2, 0.25) is 0 Å². The van der Waals surface area contributed by atoms with Crippen molar-refractivity contribution in [1.29, 1.82) is 0 Å². The van der Waals surface area contributed by atoms with Crippen LogP contribution in [0.15, 0.2) is 33.1 Å². The molecule has 0 aromatic heterocycles. The number of hydrogen-bond donors (Lipinski definition) is 1. The summed E-state index contributed by atoms with van der Waals surface area (Å²) < 4.78 is 11.0. The summed E-state index contributed by atoms with van der Waals surface area (Å²) in [5, 5.41) is 3.38. The van der Waals surface area contributed by atoms with E-state index in [9.17, 15) is 0 Å². The number of methoxy groups -OCH3 is 2. The second kappa shape index (κ2) is 9.29. The van der Waals surface area contributed by atoms with E-state index in [1.807, 2.05) is 56.2 Å². The van der Waals surface area contributed by atoms with E-state index in [2.05, 4.69) is 24.2 Å². The van der Waals surface area contributed by atoms with E-state index >= 15 is 0 Å². The number of aliphatic imine (C=N–C) groups is 1. The first-order valence-corrected chi connectivity index (χ1v) is 10.4. The van der Waals surface area contributed by atoms with Crippen molar-refractivity contribution in [3.63, 3.8) is 0 Å². The molecule has 6 nitrogen and oxygen atoms in total. The van der Waals surface area contributed by atoms with Crippen LogP contribution in [0.25, 0.3) is 0 Å². The monoisotopic (exact) mass is 426 g/mol. The zero-order chi connectivity index (χ0) is 21.1. The van der Waals surface area contributed by atoms with Crippen LogP contribution in [0.1, 0.15) is 32.3 Å². The van der Waals surface area contributed by atoms with Gasteiger partial charge in [-0.2, -0.15) is 0 Å². The van der Waals surface area contributed by atoms with Gasteiger partial charge in [-0.1, -0.05) is 37.2 Å². The zero-order valence-electron chi connectivity index (χ0n) is 17.9. The number of ether oxygens (including phenoxy) is 2. The fourth-order valence-electron chi connectivity index (χ4n) is 2.77. The molecule has 2 unspecified atom stereocenters. The molecule has 1 aromatic rings. The average Bonchev–Trinajstić information content (AvgIpc) is 2.66. The molecule has 0 saturated heterocycles. The third-order valence-corrected chi connectivity index (χ3v) is 6.46. The Morgan fingerprint density at radius 2 is 1.89 bits per heavy atom. The predicted molar refractivity (Wildman–Crippen MR) is 119 cm³/mol. The van der Waals surface area contributed by atoms with Crippen LogP contribution in [-0.4, -0.2) is 62.8 Å². The molecule has 0 saturated carbocycles. The molecule has 0 fully saturated rings. The molecule has 0 aliphatic carbocycles. The molecule has 0 spiro atoms. The van der Waals surface area contributed by atoms with Crippen molar-refractivity contribution >= 4 is 29.7 Å². The molecule has 0 bridgehead atoms. The Morgan fingerprint density at radius 3 is 2.43 bits per heavy atom. The number of alkyl halides is 1. The smallest absolute Gasteiger partial charge is 0.186 e. The highest BCUT2D eigenvalue weighted by Gasteiger charge is 2.37. The average molecular weight is 427 g/mol. The first kappa shape index (κ1) is 22.7. The molecule has 1 N–H and O–H groups in total. The minimum Gasteiger partial charge on any atom is -0.493 e. The summed E-state index contributed by atoms with van der Waals surface area (Å²) in [5.74, 6) is 1.16.